The maximum Gasteiger partial charge on any atom is 0.329 e. The molecule has 3 N–H and O–H groups in total. The third kappa shape index (κ3) is 8.40. The molecule has 0 spiro atoms. The Morgan fingerprint density at radius 2 is 1.81 bits per heavy atom. The van der Waals surface area contributed by atoms with Crippen LogP contribution in [0.2, 0.25) is 0 Å². The van der Waals surface area contributed by atoms with Crippen molar-refractivity contribution < 1.29 is 23.9 Å². The minimum Gasteiger partial charge on any atom is -0.494 e. The monoisotopic (exact) mass is 424 g/mol. The number of anilines is 1. The Balaban J connectivity index is 1.82. The predicted molar refractivity (Wildman–Crippen MR) is 117 cm³/mol. The largest absolute Gasteiger partial charge is 0.494 e. The van der Waals surface area contributed by atoms with E-state index < -0.39 is 11.8 Å². The average molecular weight is 424 g/mol. The first-order chi connectivity index (χ1) is 15.0. The number of carbonyl (C=O) groups excluding carboxylic acids is 3. The molecule has 3 amide bonds. The Bertz CT molecular complexity index is 941. The maximum absolute atomic E-state index is 12.1. The van der Waals surface area contributed by atoms with Crippen LogP contribution in [0.25, 0.3) is 0 Å². The van der Waals surface area contributed by atoms with Crippen molar-refractivity contribution in [2.75, 3.05) is 25.1 Å². The Labute approximate surface area is 180 Å². The number of nitrogens with one attached hydrogen (secondary N) is 3. The zero-order valence-corrected chi connectivity index (χ0v) is 17.1. The average Bonchev–Trinajstić information content (AvgIpc) is 2.78. The fourth-order valence-electron chi connectivity index (χ4n) is 2.29. The molecule has 31 heavy (non-hydrogen) atoms. The van der Waals surface area contributed by atoms with Crippen LogP contribution in [-0.2, 0) is 14.4 Å². The first kappa shape index (κ1) is 23.1. The number of hydrogen-bond acceptors (Lipinski definition) is 6. The Morgan fingerprint density at radius 3 is 2.52 bits per heavy atom. The van der Waals surface area contributed by atoms with Gasteiger partial charge in [-0.2, -0.15) is 5.10 Å². The van der Waals surface area contributed by atoms with Gasteiger partial charge in [0.2, 0.25) is 0 Å². The highest BCUT2D eigenvalue weighted by molar-refractivity contribution is 6.35. The molecule has 0 saturated carbocycles. The molecule has 162 valence electrons. The lowest BCUT2D eigenvalue weighted by Crippen LogP contribution is -2.37. The van der Waals surface area contributed by atoms with Gasteiger partial charge in [-0.1, -0.05) is 18.2 Å². The summed E-state index contributed by atoms with van der Waals surface area (Å²) in [7, 11) is 0. The van der Waals surface area contributed by atoms with Crippen LogP contribution in [0.3, 0.4) is 0 Å². The van der Waals surface area contributed by atoms with E-state index >= 15 is 0 Å². The summed E-state index contributed by atoms with van der Waals surface area (Å²) in [4.78, 5) is 35.0. The highest BCUT2D eigenvalue weighted by Gasteiger charge is 2.10. The number of rotatable bonds is 10. The van der Waals surface area contributed by atoms with Crippen LogP contribution in [0.15, 0.2) is 66.3 Å². The number of hydrogen-bond donors (Lipinski definition) is 3. The van der Waals surface area contributed by atoms with Crippen LogP contribution in [-0.4, -0.2) is 43.7 Å². The molecular formula is C22H24N4O5. The molecule has 2 rings (SSSR count). The van der Waals surface area contributed by atoms with E-state index in [1.54, 1.807) is 48.5 Å². The second-order valence-corrected chi connectivity index (χ2v) is 6.06. The number of hydrazone groups is 1. The van der Waals surface area contributed by atoms with Gasteiger partial charge in [-0.15, -0.1) is 6.58 Å². The van der Waals surface area contributed by atoms with Gasteiger partial charge in [-0.25, -0.2) is 5.43 Å². The summed E-state index contributed by atoms with van der Waals surface area (Å²) in [6.07, 6.45) is 2.81. The van der Waals surface area contributed by atoms with Crippen LogP contribution in [0.1, 0.15) is 12.5 Å². The molecule has 9 heteroatoms. The first-order valence-electron chi connectivity index (χ1n) is 9.49. The number of benzene rings is 2. The normalized spacial score (nSPS) is 10.2. The first-order valence-corrected chi connectivity index (χ1v) is 9.49. The van der Waals surface area contributed by atoms with Crippen LogP contribution < -0.4 is 25.5 Å². The van der Waals surface area contributed by atoms with Crippen molar-refractivity contribution in [2.24, 2.45) is 5.10 Å². The summed E-state index contributed by atoms with van der Waals surface area (Å²) >= 11 is 0. The summed E-state index contributed by atoms with van der Waals surface area (Å²) in [6.45, 7) is 5.90. The van der Waals surface area contributed by atoms with Crippen molar-refractivity contribution >= 4 is 29.6 Å². The van der Waals surface area contributed by atoms with Gasteiger partial charge in [-0.3, -0.25) is 14.4 Å². The number of nitrogens with zero attached hydrogens (tertiary/aromatic N) is 1. The van der Waals surface area contributed by atoms with Gasteiger partial charge >= 0.3 is 11.8 Å². The second kappa shape index (κ2) is 12.4. The Morgan fingerprint density at radius 1 is 1.03 bits per heavy atom. The molecule has 2 aromatic rings. The molecule has 0 aliphatic carbocycles. The number of amides is 3. The van der Waals surface area contributed by atoms with Crippen molar-refractivity contribution in [1.29, 1.82) is 0 Å². The molecule has 0 heterocycles. The van der Waals surface area contributed by atoms with Crippen LogP contribution in [0.5, 0.6) is 11.5 Å². The van der Waals surface area contributed by atoms with E-state index in [2.05, 4.69) is 27.7 Å². The molecule has 0 radical (unpaired) electrons. The third-order valence-electron chi connectivity index (χ3n) is 3.67. The molecule has 9 nitrogen and oxygen atoms in total. The van der Waals surface area contributed by atoms with Crippen molar-refractivity contribution in [3.05, 3.63) is 66.7 Å². The lowest BCUT2D eigenvalue weighted by Gasteiger charge is -2.09. The van der Waals surface area contributed by atoms with Gasteiger partial charge in [0.15, 0.2) is 6.61 Å². The summed E-state index contributed by atoms with van der Waals surface area (Å²) in [5.74, 6) is -0.852. The van der Waals surface area contributed by atoms with Crippen LogP contribution in [0.4, 0.5) is 5.69 Å². The van der Waals surface area contributed by atoms with E-state index in [9.17, 15) is 14.4 Å². The van der Waals surface area contributed by atoms with Crippen molar-refractivity contribution in [1.82, 2.24) is 10.7 Å². The van der Waals surface area contributed by atoms with E-state index in [4.69, 9.17) is 9.47 Å². The maximum atomic E-state index is 12.1. The fraction of sp³-hybridized carbons (Fsp3) is 0.182. The highest BCUT2D eigenvalue weighted by Crippen LogP contribution is 2.16. The van der Waals surface area contributed by atoms with Gasteiger partial charge in [0, 0.05) is 12.2 Å². The number of carbonyl (C=O) groups is 3. The molecule has 0 aromatic heterocycles. The summed E-state index contributed by atoms with van der Waals surface area (Å²) in [5.41, 5.74) is 3.36. The molecule has 0 unspecified atom stereocenters. The van der Waals surface area contributed by atoms with Gasteiger partial charge in [0.25, 0.3) is 5.91 Å². The predicted octanol–water partition coefficient (Wildman–Crippen LogP) is 1.86. The fourth-order valence-corrected chi connectivity index (χ4v) is 2.29. The molecule has 0 aliphatic rings. The molecule has 0 aliphatic heterocycles. The number of ether oxygens (including phenoxy) is 2. The molecule has 0 bridgehead atoms. The summed E-state index contributed by atoms with van der Waals surface area (Å²) < 4.78 is 10.8. The molecule has 0 fully saturated rings. The van der Waals surface area contributed by atoms with Crippen molar-refractivity contribution in [2.45, 2.75) is 6.92 Å². The van der Waals surface area contributed by atoms with E-state index in [1.807, 2.05) is 6.92 Å². The SMILES string of the molecule is C=CCNC(=O)C(=O)N/N=C\c1cccc(OCC(=O)Nc2ccc(OCC)cc2)c1. The standard InChI is InChI=1S/C22H24N4O5/c1-3-12-23-21(28)22(29)26-24-14-16-6-5-7-19(13-16)31-15-20(27)25-17-8-10-18(11-9-17)30-4-2/h3,5-11,13-14H,1,4,12,15H2,2H3,(H,23,28)(H,25,27)(H,26,29)/b24-14-. The third-order valence-corrected chi connectivity index (χ3v) is 3.67. The lowest BCUT2D eigenvalue weighted by atomic mass is 10.2. The van der Waals surface area contributed by atoms with Gasteiger partial charge < -0.3 is 20.1 Å². The minimum absolute atomic E-state index is 0.182. The lowest BCUT2D eigenvalue weighted by molar-refractivity contribution is -0.139. The highest BCUT2D eigenvalue weighted by atomic mass is 16.5. The van der Waals surface area contributed by atoms with Crippen molar-refractivity contribution in [3.8, 4) is 11.5 Å². The molecule has 2 aromatic carbocycles. The van der Waals surface area contributed by atoms with E-state index in [0.717, 1.165) is 5.75 Å². The Hall–Kier alpha value is -4.14. The van der Waals surface area contributed by atoms with E-state index in [-0.39, 0.29) is 19.1 Å². The van der Waals surface area contributed by atoms with Crippen LogP contribution in [0, 0.1) is 0 Å². The van der Waals surface area contributed by atoms with Gasteiger partial charge in [0.05, 0.1) is 12.8 Å². The van der Waals surface area contributed by atoms with E-state index in [0.29, 0.717) is 23.6 Å². The summed E-state index contributed by atoms with van der Waals surface area (Å²) in [6, 6.07) is 13.8. The van der Waals surface area contributed by atoms with Crippen LogP contribution >= 0.6 is 0 Å². The minimum atomic E-state index is -0.892. The second-order valence-electron chi connectivity index (χ2n) is 6.06. The van der Waals surface area contributed by atoms with E-state index in [1.165, 1.54) is 12.3 Å². The van der Waals surface area contributed by atoms with Gasteiger partial charge in [0.1, 0.15) is 11.5 Å². The zero-order chi connectivity index (χ0) is 22.5. The molecule has 0 saturated heterocycles. The zero-order valence-electron chi connectivity index (χ0n) is 17.1. The molecule has 0 atom stereocenters. The topological polar surface area (TPSA) is 118 Å². The van der Waals surface area contributed by atoms with Crippen molar-refractivity contribution in [3.63, 3.8) is 0 Å². The quantitative estimate of drug-likeness (QED) is 0.233. The smallest absolute Gasteiger partial charge is 0.329 e. The Kier molecular flexibility index (Phi) is 9.28. The summed E-state index contributed by atoms with van der Waals surface area (Å²) in [5, 5.41) is 8.79. The molecular weight excluding hydrogens is 400 g/mol. The van der Waals surface area contributed by atoms with Gasteiger partial charge in [-0.05, 0) is 48.9 Å².